The summed E-state index contributed by atoms with van der Waals surface area (Å²) in [6.07, 6.45) is 0. The molecular formula is C14H23BrN2. The van der Waals surface area contributed by atoms with E-state index in [4.69, 9.17) is 5.73 Å². The molecule has 0 heterocycles. The zero-order chi connectivity index (χ0) is 13.1. The van der Waals surface area contributed by atoms with Crippen LogP contribution in [0, 0.1) is 12.3 Å². The summed E-state index contributed by atoms with van der Waals surface area (Å²) in [5, 5.41) is 0. The van der Waals surface area contributed by atoms with E-state index < -0.39 is 0 Å². The summed E-state index contributed by atoms with van der Waals surface area (Å²) >= 11 is 3.62. The highest BCUT2D eigenvalue weighted by molar-refractivity contribution is 9.10. The largest absolute Gasteiger partial charge is 0.330 e. The van der Waals surface area contributed by atoms with Crippen LogP contribution < -0.4 is 5.73 Å². The number of rotatable bonds is 5. The van der Waals surface area contributed by atoms with Crippen molar-refractivity contribution in [2.45, 2.75) is 27.3 Å². The first-order valence-corrected chi connectivity index (χ1v) is 6.77. The summed E-state index contributed by atoms with van der Waals surface area (Å²) in [5.41, 5.74) is 8.54. The molecule has 0 fully saturated rings. The van der Waals surface area contributed by atoms with Gasteiger partial charge in [0.2, 0.25) is 0 Å². The second-order valence-electron chi connectivity index (χ2n) is 5.64. The number of aryl methyl sites for hydroxylation is 1. The van der Waals surface area contributed by atoms with E-state index in [0.717, 1.165) is 13.1 Å². The maximum Gasteiger partial charge on any atom is 0.0242 e. The Kier molecular flexibility index (Phi) is 5.17. The molecule has 1 aromatic rings. The SMILES string of the molecule is Cc1ccc(CN(C)CC(C)(C)CN)c(Br)c1. The molecule has 0 atom stereocenters. The predicted octanol–water partition coefficient (Wildman–Crippen LogP) is 3.17. The summed E-state index contributed by atoms with van der Waals surface area (Å²) < 4.78 is 1.19. The van der Waals surface area contributed by atoms with E-state index in [9.17, 15) is 0 Å². The number of hydrogen-bond acceptors (Lipinski definition) is 2. The lowest BCUT2D eigenvalue weighted by atomic mass is 9.93. The first kappa shape index (κ1) is 14.7. The van der Waals surface area contributed by atoms with Crippen LogP contribution in [0.15, 0.2) is 22.7 Å². The molecule has 0 saturated heterocycles. The lowest BCUT2D eigenvalue weighted by Gasteiger charge is -2.29. The molecule has 0 unspecified atom stereocenters. The van der Waals surface area contributed by atoms with Crippen LogP contribution in [0.1, 0.15) is 25.0 Å². The van der Waals surface area contributed by atoms with Gasteiger partial charge in [-0.2, -0.15) is 0 Å². The maximum absolute atomic E-state index is 5.76. The molecule has 1 aromatic carbocycles. The third kappa shape index (κ3) is 4.78. The third-order valence-electron chi connectivity index (χ3n) is 2.90. The van der Waals surface area contributed by atoms with Crippen molar-refractivity contribution >= 4 is 15.9 Å². The van der Waals surface area contributed by atoms with Crippen LogP contribution in [-0.2, 0) is 6.54 Å². The van der Waals surface area contributed by atoms with Crippen LogP contribution in [0.3, 0.4) is 0 Å². The van der Waals surface area contributed by atoms with Crippen LogP contribution in [0.25, 0.3) is 0 Å². The Balaban J connectivity index is 2.65. The average molecular weight is 299 g/mol. The second-order valence-corrected chi connectivity index (χ2v) is 6.49. The van der Waals surface area contributed by atoms with Gasteiger partial charge in [-0.1, -0.05) is 41.9 Å². The van der Waals surface area contributed by atoms with E-state index >= 15 is 0 Å². The summed E-state index contributed by atoms with van der Waals surface area (Å²) in [6.45, 7) is 9.18. The maximum atomic E-state index is 5.76. The van der Waals surface area contributed by atoms with E-state index in [1.807, 2.05) is 0 Å². The van der Waals surface area contributed by atoms with Gasteiger partial charge in [0.25, 0.3) is 0 Å². The molecule has 0 aromatic heterocycles. The van der Waals surface area contributed by atoms with Gasteiger partial charge in [-0.25, -0.2) is 0 Å². The van der Waals surface area contributed by atoms with Gasteiger partial charge in [0.1, 0.15) is 0 Å². The van der Waals surface area contributed by atoms with Crippen molar-refractivity contribution in [3.8, 4) is 0 Å². The number of nitrogens with two attached hydrogens (primary N) is 1. The quantitative estimate of drug-likeness (QED) is 0.905. The zero-order valence-corrected chi connectivity index (χ0v) is 12.8. The van der Waals surface area contributed by atoms with Gasteiger partial charge in [-0.15, -0.1) is 0 Å². The number of nitrogens with zero attached hydrogens (tertiary/aromatic N) is 1. The number of benzene rings is 1. The molecule has 0 bridgehead atoms. The topological polar surface area (TPSA) is 29.3 Å². The molecular weight excluding hydrogens is 276 g/mol. The summed E-state index contributed by atoms with van der Waals surface area (Å²) in [6, 6.07) is 6.50. The molecule has 0 aliphatic rings. The first-order chi connectivity index (χ1) is 7.84. The minimum atomic E-state index is 0.173. The monoisotopic (exact) mass is 298 g/mol. The van der Waals surface area contributed by atoms with E-state index in [0.29, 0.717) is 6.54 Å². The minimum absolute atomic E-state index is 0.173. The number of hydrogen-bond donors (Lipinski definition) is 1. The van der Waals surface area contributed by atoms with Crippen LogP contribution >= 0.6 is 15.9 Å². The van der Waals surface area contributed by atoms with Crippen molar-refractivity contribution in [2.75, 3.05) is 20.1 Å². The van der Waals surface area contributed by atoms with Gasteiger partial charge in [0, 0.05) is 17.6 Å². The zero-order valence-electron chi connectivity index (χ0n) is 11.3. The first-order valence-electron chi connectivity index (χ1n) is 5.98. The molecule has 96 valence electrons. The minimum Gasteiger partial charge on any atom is -0.330 e. The Morgan fingerprint density at radius 1 is 1.35 bits per heavy atom. The lowest BCUT2D eigenvalue weighted by molar-refractivity contribution is 0.209. The van der Waals surface area contributed by atoms with Crippen molar-refractivity contribution in [3.63, 3.8) is 0 Å². The molecule has 1 rings (SSSR count). The Morgan fingerprint density at radius 3 is 2.53 bits per heavy atom. The molecule has 3 heteroatoms. The Bertz CT molecular complexity index is 374. The molecule has 0 aliphatic heterocycles. The predicted molar refractivity (Wildman–Crippen MR) is 78.0 cm³/mol. The van der Waals surface area contributed by atoms with Gasteiger partial charge in [-0.3, -0.25) is 0 Å². The third-order valence-corrected chi connectivity index (χ3v) is 3.64. The molecule has 0 radical (unpaired) electrons. The highest BCUT2D eigenvalue weighted by atomic mass is 79.9. The highest BCUT2D eigenvalue weighted by Crippen LogP contribution is 2.21. The van der Waals surface area contributed by atoms with Gasteiger partial charge < -0.3 is 10.6 Å². The molecule has 0 aliphatic carbocycles. The van der Waals surface area contributed by atoms with E-state index in [-0.39, 0.29) is 5.41 Å². The molecule has 0 amide bonds. The lowest BCUT2D eigenvalue weighted by Crippen LogP contribution is -2.36. The van der Waals surface area contributed by atoms with Gasteiger partial charge in [-0.05, 0) is 43.1 Å². The Hall–Kier alpha value is -0.380. The van der Waals surface area contributed by atoms with Crippen LogP contribution in [0.4, 0.5) is 0 Å². The summed E-state index contributed by atoms with van der Waals surface area (Å²) in [4.78, 5) is 2.32. The highest BCUT2D eigenvalue weighted by Gasteiger charge is 2.18. The van der Waals surface area contributed by atoms with Crippen molar-refractivity contribution in [2.24, 2.45) is 11.1 Å². The number of halogens is 1. The van der Waals surface area contributed by atoms with Crippen molar-refractivity contribution in [3.05, 3.63) is 33.8 Å². The average Bonchev–Trinajstić information content (AvgIpc) is 2.21. The Morgan fingerprint density at radius 2 is 2.00 bits per heavy atom. The Labute approximate surface area is 113 Å². The van der Waals surface area contributed by atoms with Crippen molar-refractivity contribution in [1.82, 2.24) is 4.90 Å². The van der Waals surface area contributed by atoms with E-state index in [2.05, 4.69) is 66.8 Å². The van der Waals surface area contributed by atoms with Gasteiger partial charge >= 0.3 is 0 Å². The van der Waals surface area contributed by atoms with Gasteiger partial charge in [0.15, 0.2) is 0 Å². The van der Waals surface area contributed by atoms with Gasteiger partial charge in [0.05, 0.1) is 0 Å². The van der Waals surface area contributed by atoms with Crippen LogP contribution in [-0.4, -0.2) is 25.0 Å². The summed E-state index contributed by atoms with van der Waals surface area (Å²) in [7, 11) is 2.14. The van der Waals surface area contributed by atoms with E-state index in [1.165, 1.54) is 15.6 Å². The van der Waals surface area contributed by atoms with E-state index in [1.54, 1.807) is 0 Å². The standard InChI is InChI=1S/C14H23BrN2/c1-11-5-6-12(13(15)7-11)8-17(4)10-14(2,3)9-16/h5-7H,8-10,16H2,1-4H3. The normalized spacial score (nSPS) is 12.2. The fourth-order valence-corrected chi connectivity index (χ4v) is 2.54. The smallest absolute Gasteiger partial charge is 0.0242 e. The van der Waals surface area contributed by atoms with Crippen molar-refractivity contribution < 1.29 is 0 Å². The van der Waals surface area contributed by atoms with Crippen LogP contribution in [0.2, 0.25) is 0 Å². The molecule has 0 spiro atoms. The second kappa shape index (κ2) is 5.98. The molecule has 2 nitrogen and oxygen atoms in total. The van der Waals surface area contributed by atoms with Crippen molar-refractivity contribution in [1.29, 1.82) is 0 Å². The fourth-order valence-electron chi connectivity index (χ4n) is 1.92. The fraction of sp³-hybridized carbons (Fsp3) is 0.571. The molecule has 17 heavy (non-hydrogen) atoms. The summed E-state index contributed by atoms with van der Waals surface area (Å²) in [5.74, 6) is 0. The molecule has 0 saturated carbocycles. The van der Waals surface area contributed by atoms with Crippen LogP contribution in [0.5, 0.6) is 0 Å². The molecule has 2 N–H and O–H groups in total.